The quantitative estimate of drug-likeness (QED) is 0.309. The van der Waals surface area contributed by atoms with Gasteiger partial charge in [-0.2, -0.15) is 0 Å². The normalized spacial score (nSPS) is 20.2. The van der Waals surface area contributed by atoms with Crippen molar-refractivity contribution in [2.75, 3.05) is 25.5 Å². The Morgan fingerprint density at radius 3 is 2.77 bits per heavy atom. The molecule has 0 saturated heterocycles. The Hall–Kier alpha value is -1.13. The van der Waals surface area contributed by atoms with Crippen molar-refractivity contribution in [1.82, 2.24) is 10.4 Å². The maximum Gasteiger partial charge on any atom is 0.265 e. The summed E-state index contributed by atoms with van der Waals surface area (Å²) in [6.07, 6.45) is 8.60. The first-order valence-electron chi connectivity index (χ1n) is 7.85. The summed E-state index contributed by atoms with van der Waals surface area (Å²) in [5.41, 5.74) is 0. The molecular formula is C15H27N2O4P. The molecule has 0 aromatic heterocycles. The molecule has 22 heavy (non-hydrogen) atoms. The molecule has 0 saturated carbocycles. The molecule has 2 unspecified atom stereocenters. The van der Waals surface area contributed by atoms with Gasteiger partial charge < -0.3 is 9.88 Å². The van der Waals surface area contributed by atoms with Gasteiger partial charge in [0.25, 0.3) is 5.91 Å². The fourth-order valence-corrected chi connectivity index (χ4v) is 4.23. The molecule has 7 heteroatoms. The largest absolute Gasteiger partial charge is 0.347 e. The number of hydrogen-bond acceptors (Lipinski definition) is 4. The predicted molar refractivity (Wildman–Crippen MR) is 86.6 cm³/mol. The molecule has 2 N–H and O–H groups in total. The third kappa shape index (κ3) is 6.75. The molecule has 0 bridgehead atoms. The molecule has 1 aliphatic rings. The lowest BCUT2D eigenvalue weighted by Crippen LogP contribution is -2.44. The van der Waals surface area contributed by atoms with Crippen LogP contribution in [0.5, 0.6) is 0 Å². The van der Waals surface area contributed by atoms with Crippen molar-refractivity contribution in [3.8, 4) is 0 Å². The van der Waals surface area contributed by atoms with Crippen molar-refractivity contribution in [1.29, 1.82) is 0 Å². The van der Waals surface area contributed by atoms with Gasteiger partial charge in [-0.3, -0.25) is 14.8 Å². The molecule has 0 aliphatic heterocycles. The van der Waals surface area contributed by atoms with E-state index in [1.807, 2.05) is 13.0 Å². The van der Waals surface area contributed by atoms with Crippen LogP contribution in [0.1, 0.15) is 39.0 Å². The Bertz CT molecular complexity index is 464. The van der Waals surface area contributed by atoms with Gasteiger partial charge in [0.15, 0.2) is 0 Å². The minimum absolute atomic E-state index is 0.0466. The highest BCUT2D eigenvalue weighted by molar-refractivity contribution is 7.64. The number of nitrogens with zero attached hydrogens (tertiary/aromatic N) is 1. The Labute approximate surface area is 132 Å². The lowest BCUT2D eigenvalue weighted by atomic mass is 10.0. The van der Waals surface area contributed by atoms with Crippen LogP contribution < -0.4 is 5.32 Å². The molecule has 2 atom stereocenters. The van der Waals surface area contributed by atoms with Crippen LogP contribution in [0.4, 0.5) is 0 Å². The predicted octanol–water partition coefficient (Wildman–Crippen LogP) is 2.22. The fraction of sp³-hybridized carbons (Fsp3) is 0.733. The number of amides is 2. The van der Waals surface area contributed by atoms with Gasteiger partial charge in [-0.25, -0.2) is 5.06 Å². The Morgan fingerprint density at radius 1 is 1.45 bits per heavy atom. The second-order valence-electron chi connectivity index (χ2n) is 5.97. The van der Waals surface area contributed by atoms with Gasteiger partial charge in [-0.1, -0.05) is 25.5 Å². The molecule has 0 aromatic rings. The van der Waals surface area contributed by atoms with E-state index in [-0.39, 0.29) is 18.7 Å². The maximum absolute atomic E-state index is 12.2. The Morgan fingerprint density at radius 2 is 2.18 bits per heavy atom. The Balaban J connectivity index is 2.36. The van der Waals surface area contributed by atoms with E-state index in [9.17, 15) is 19.4 Å². The summed E-state index contributed by atoms with van der Waals surface area (Å²) in [6, 6.07) is -0.319. The monoisotopic (exact) mass is 330 g/mol. The summed E-state index contributed by atoms with van der Waals surface area (Å²) in [4.78, 5) is 23.6. The van der Waals surface area contributed by atoms with Crippen LogP contribution in [0.25, 0.3) is 0 Å². The summed E-state index contributed by atoms with van der Waals surface area (Å²) in [5, 5.41) is 13.0. The molecular weight excluding hydrogens is 303 g/mol. The summed E-state index contributed by atoms with van der Waals surface area (Å²) in [5.74, 6) is -0.952. The van der Waals surface area contributed by atoms with Gasteiger partial charge in [0.2, 0.25) is 5.91 Å². The van der Waals surface area contributed by atoms with Crippen LogP contribution in [-0.4, -0.2) is 53.7 Å². The van der Waals surface area contributed by atoms with E-state index in [4.69, 9.17) is 0 Å². The summed E-state index contributed by atoms with van der Waals surface area (Å²) in [6.45, 7) is 3.36. The van der Waals surface area contributed by atoms with Crippen molar-refractivity contribution >= 4 is 19.0 Å². The number of nitrogens with one attached hydrogen (secondary N) is 1. The summed E-state index contributed by atoms with van der Waals surface area (Å²) < 4.78 is 12.2. The van der Waals surface area contributed by atoms with Crippen molar-refractivity contribution in [3.63, 3.8) is 0 Å². The van der Waals surface area contributed by atoms with Crippen LogP contribution in [0.3, 0.4) is 0 Å². The van der Waals surface area contributed by atoms with Crippen molar-refractivity contribution in [2.24, 2.45) is 0 Å². The molecule has 6 nitrogen and oxygen atoms in total. The standard InChI is InChI=1S/C15H27N2O4P/c1-3-4-10-22(2,21)12-14(18)16-11-15(19)17(20)13-8-6-5-7-9-13/h6,8,13,20H,3-5,7,9-12H2,1-2H3,(H,16,18). The zero-order valence-electron chi connectivity index (χ0n) is 13.5. The fourth-order valence-electron chi connectivity index (χ4n) is 2.37. The molecule has 126 valence electrons. The molecule has 0 fully saturated rings. The Kier molecular flexibility index (Phi) is 7.83. The number of allylic oxidation sites excluding steroid dienone is 1. The molecule has 0 spiro atoms. The lowest BCUT2D eigenvalue weighted by molar-refractivity contribution is -0.171. The van der Waals surface area contributed by atoms with E-state index in [0.29, 0.717) is 17.6 Å². The van der Waals surface area contributed by atoms with Gasteiger partial charge in [0.05, 0.1) is 25.9 Å². The number of hydrogen-bond donors (Lipinski definition) is 2. The van der Waals surface area contributed by atoms with E-state index in [1.54, 1.807) is 12.7 Å². The second kappa shape index (κ2) is 9.11. The highest BCUT2D eigenvalue weighted by Gasteiger charge is 2.23. The zero-order chi connectivity index (χ0) is 16.6. The average Bonchev–Trinajstić information content (AvgIpc) is 2.50. The summed E-state index contributed by atoms with van der Waals surface area (Å²) in [7, 11) is -2.49. The van der Waals surface area contributed by atoms with E-state index >= 15 is 0 Å². The van der Waals surface area contributed by atoms with E-state index in [1.165, 1.54) is 0 Å². The number of carbonyl (C=O) groups is 2. The summed E-state index contributed by atoms with van der Waals surface area (Å²) >= 11 is 0. The minimum Gasteiger partial charge on any atom is -0.347 e. The minimum atomic E-state index is -2.49. The van der Waals surface area contributed by atoms with E-state index in [2.05, 4.69) is 5.32 Å². The lowest BCUT2D eigenvalue weighted by Gasteiger charge is -2.25. The topological polar surface area (TPSA) is 86.7 Å². The van der Waals surface area contributed by atoms with Crippen LogP contribution >= 0.6 is 7.14 Å². The van der Waals surface area contributed by atoms with Crippen LogP contribution in [0, 0.1) is 0 Å². The first-order chi connectivity index (χ1) is 10.4. The first kappa shape index (κ1) is 18.9. The average molecular weight is 330 g/mol. The van der Waals surface area contributed by atoms with Crippen molar-refractivity contribution in [2.45, 2.75) is 45.1 Å². The van der Waals surface area contributed by atoms with Gasteiger partial charge in [-0.05, 0) is 32.3 Å². The van der Waals surface area contributed by atoms with Gasteiger partial charge in [0.1, 0.15) is 0 Å². The first-order valence-corrected chi connectivity index (χ1v) is 10.4. The SMILES string of the molecule is CCCCP(C)(=O)CC(=O)NCC(=O)N(O)C1C=CCCC1. The number of carbonyl (C=O) groups excluding carboxylic acids is 2. The van der Waals surface area contributed by atoms with Crippen LogP contribution in [0.2, 0.25) is 0 Å². The van der Waals surface area contributed by atoms with Gasteiger partial charge >= 0.3 is 0 Å². The molecule has 1 rings (SSSR count). The zero-order valence-corrected chi connectivity index (χ0v) is 14.3. The molecule has 0 heterocycles. The smallest absolute Gasteiger partial charge is 0.265 e. The molecule has 0 aromatic carbocycles. The van der Waals surface area contributed by atoms with E-state index < -0.39 is 19.0 Å². The molecule has 1 aliphatic carbocycles. The van der Waals surface area contributed by atoms with Crippen molar-refractivity contribution < 1.29 is 19.4 Å². The highest BCUT2D eigenvalue weighted by atomic mass is 31.2. The number of hydroxylamine groups is 2. The second-order valence-corrected chi connectivity index (χ2v) is 9.33. The van der Waals surface area contributed by atoms with Crippen molar-refractivity contribution in [3.05, 3.63) is 12.2 Å². The van der Waals surface area contributed by atoms with Gasteiger partial charge in [-0.15, -0.1) is 0 Å². The third-order valence-electron chi connectivity index (χ3n) is 3.70. The maximum atomic E-state index is 12.2. The number of unbranched alkanes of at least 4 members (excludes halogenated alkanes) is 1. The van der Waals surface area contributed by atoms with Crippen LogP contribution in [0.15, 0.2) is 12.2 Å². The number of rotatable bonds is 8. The third-order valence-corrected chi connectivity index (χ3v) is 5.92. The van der Waals surface area contributed by atoms with E-state index in [0.717, 1.165) is 25.7 Å². The molecule has 2 amide bonds. The highest BCUT2D eigenvalue weighted by Crippen LogP contribution is 2.41. The molecule has 0 radical (unpaired) electrons. The van der Waals surface area contributed by atoms with Crippen LogP contribution in [-0.2, 0) is 14.2 Å². The van der Waals surface area contributed by atoms with Gasteiger partial charge in [0, 0.05) is 6.16 Å².